The molecule has 4 nitrogen and oxygen atoms in total. The fourth-order valence-corrected chi connectivity index (χ4v) is 0.364. The molecule has 0 fully saturated rings. The number of amidine groups is 1. The Hall–Kier alpha value is -1.32. The summed E-state index contributed by atoms with van der Waals surface area (Å²) in [5.74, 6) is 0.630. The minimum Gasteiger partial charge on any atom is -0.388 e. The number of aryl methyl sites for hydroxylation is 1. The number of rotatable bonds is 0. The highest BCUT2D eigenvalue weighted by molar-refractivity contribution is 5.77. The molecule has 4 heteroatoms. The van der Waals surface area contributed by atoms with Gasteiger partial charge in [-0.05, 0) is 6.92 Å². The van der Waals surface area contributed by atoms with Crippen LogP contribution in [0.3, 0.4) is 0 Å². The van der Waals surface area contributed by atoms with Crippen LogP contribution < -0.4 is 10.3 Å². The van der Waals surface area contributed by atoms with E-state index < -0.39 is 0 Å². The Kier molecular flexibility index (Phi) is 23.7. The van der Waals surface area contributed by atoms with Crippen molar-refractivity contribution < 1.29 is 4.57 Å². The van der Waals surface area contributed by atoms with Crippen molar-refractivity contribution in [3.63, 3.8) is 0 Å². The van der Waals surface area contributed by atoms with Gasteiger partial charge in [0.05, 0.1) is 12.9 Å². The maximum atomic E-state index is 5.04. The Bertz CT molecular complexity index is 198. The summed E-state index contributed by atoms with van der Waals surface area (Å²) in [6.07, 6.45) is 5.69. The Labute approximate surface area is 94.2 Å². The van der Waals surface area contributed by atoms with Gasteiger partial charge in [-0.2, -0.15) is 0 Å². The summed E-state index contributed by atoms with van der Waals surface area (Å²) >= 11 is 0. The standard InChI is InChI=1S/C4H6N2.C3H8N2.2C2H6/c1-6-3-2-5-4-6;1-3(4)5-2;2*1-2/h2-4H,1H3;1-2H3,(H2,4,5);2*1-2H3/p+1. The number of aromatic amines is 1. The second-order valence-electron chi connectivity index (χ2n) is 2.14. The number of aliphatic imine (C=N–C) groups is 1. The first-order chi connectivity index (χ1) is 7.16. The van der Waals surface area contributed by atoms with Crippen LogP contribution in [0.5, 0.6) is 0 Å². The van der Waals surface area contributed by atoms with Crippen LogP contribution in [-0.2, 0) is 7.05 Å². The molecule has 1 aromatic rings. The summed E-state index contributed by atoms with van der Waals surface area (Å²) in [6.45, 7) is 9.75. The third-order valence-corrected chi connectivity index (χ3v) is 1.04. The number of hydrogen-bond donors (Lipinski definition) is 2. The zero-order valence-corrected chi connectivity index (χ0v) is 11.2. The molecule has 0 spiro atoms. The van der Waals surface area contributed by atoms with E-state index in [0.29, 0.717) is 5.84 Å². The van der Waals surface area contributed by atoms with E-state index in [9.17, 15) is 0 Å². The molecule has 0 unspecified atom stereocenters. The highest BCUT2D eigenvalue weighted by Crippen LogP contribution is 1.59. The zero-order chi connectivity index (χ0) is 12.7. The van der Waals surface area contributed by atoms with E-state index in [4.69, 9.17) is 5.73 Å². The van der Waals surface area contributed by atoms with Crippen molar-refractivity contribution in [3.8, 4) is 0 Å². The summed E-state index contributed by atoms with van der Waals surface area (Å²) in [5.41, 5.74) is 5.04. The van der Waals surface area contributed by atoms with Crippen molar-refractivity contribution >= 4 is 5.84 Å². The number of H-pyrrole nitrogens is 1. The molecule has 90 valence electrons. The lowest BCUT2D eigenvalue weighted by molar-refractivity contribution is -0.670. The Morgan fingerprint density at radius 2 is 1.67 bits per heavy atom. The molecule has 0 radical (unpaired) electrons. The van der Waals surface area contributed by atoms with Crippen molar-refractivity contribution in [2.45, 2.75) is 34.6 Å². The second-order valence-corrected chi connectivity index (χ2v) is 2.14. The molecule has 0 aliphatic heterocycles. The van der Waals surface area contributed by atoms with E-state index in [1.165, 1.54) is 0 Å². The average Bonchev–Trinajstić information content (AvgIpc) is 2.76. The number of nitrogens with one attached hydrogen (secondary N) is 1. The molecule has 0 bridgehead atoms. The Balaban J connectivity index is -0.000000146. The lowest BCUT2D eigenvalue weighted by Gasteiger charge is -1.76. The van der Waals surface area contributed by atoms with E-state index in [1.807, 2.05) is 58.0 Å². The summed E-state index contributed by atoms with van der Waals surface area (Å²) in [7, 11) is 3.63. The summed E-state index contributed by atoms with van der Waals surface area (Å²) in [6, 6.07) is 0. The van der Waals surface area contributed by atoms with Crippen molar-refractivity contribution in [1.29, 1.82) is 0 Å². The molecule has 0 aromatic carbocycles. The van der Waals surface area contributed by atoms with Crippen LogP contribution in [0.2, 0.25) is 0 Å². The third-order valence-electron chi connectivity index (χ3n) is 1.04. The van der Waals surface area contributed by atoms with Gasteiger partial charge >= 0.3 is 0 Å². The Morgan fingerprint density at radius 3 is 1.73 bits per heavy atom. The predicted molar refractivity (Wildman–Crippen MR) is 67.9 cm³/mol. The van der Waals surface area contributed by atoms with E-state index in [2.05, 4.69) is 9.98 Å². The lowest BCUT2D eigenvalue weighted by atomic mass is 10.7. The van der Waals surface area contributed by atoms with Crippen LogP contribution in [0.25, 0.3) is 0 Å². The number of nitrogens with zero attached hydrogens (tertiary/aromatic N) is 2. The van der Waals surface area contributed by atoms with Crippen LogP contribution >= 0.6 is 0 Å². The quantitative estimate of drug-likeness (QED) is 0.387. The SMILES string of the molecule is CC.CC.CN=C(C)N.C[n+]1cc[nH]c1. The van der Waals surface area contributed by atoms with Gasteiger partial charge < -0.3 is 5.73 Å². The third kappa shape index (κ3) is 24.5. The van der Waals surface area contributed by atoms with E-state index in [-0.39, 0.29) is 0 Å². The topological polar surface area (TPSA) is 58.0 Å². The smallest absolute Gasteiger partial charge is 0.241 e. The fraction of sp³-hybridized carbons (Fsp3) is 0.636. The average molecular weight is 215 g/mol. The van der Waals surface area contributed by atoms with E-state index >= 15 is 0 Å². The van der Waals surface area contributed by atoms with Gasteiger partial charge in [-0.3, -0.25) is 9.98 Å². The van der Waals surface area contributed by atoms with E-state index in [1.54, 1.807) is 14.0 Å². The first kappa shape index (κ1) is 19.3. The molecule has 0 aliphatic carbocycles. The molecule has 15 heavy (non-hydrogen) atoms. The van der Waals surface area contributed by atoms with Crippen LogP contribution in [-0.4, -0.2) is 17.9 Å². The minimum atomic E-state index is 0.630. The first-order valence-electron chi connectivity index (χ1n) is 5.33. The molecule has 0 atom stereocenters. The molecule has 0 amide bonds. The number of hydrogen-bond acceptors (Lipinski definition) is 1. The van der Waals surface area contributed by atoms with Crippen molar-refractivity contribution in [3.05, 3.63) is 18.7 Å². The molecule has 1 heterocycles. The second kappa shape index (κ2) is 18.5. The number of imidazole rings is 1. The minimum absolute atomic E-state index is 0.630. The zero-order valence-electron chi connectivity index (χ0n) is 11.2. The molecule has 3 N–H and O–H groups in total. The number of aromatic nitrogens is 2. The van der Waals surface area contributed by atoms with Crippen molar-refractivity contribution in [2.75, 3.05) is 7.05 Å². The molecule has 1 aromatic heterocycles. The van der Waals surface area contributed by atoms with Crippen molar-refractivity contribution in [2.24, 2.45) is 17.8 Å². The maximum Gasteiger partial charge on any atom is 0.241 e. The van der Waals surface area contributed by atoms with E-state index in [0.717, 1.165) is 0 Å². The highest BCUT2D eigenvalue weighted by Gasteiger charge is 1.78. The molecule has 0 aliphatic rings. The first-order valence-corrected chi connectivity index (χ1v) is 5.33. The van der Waals surface area contributed by atoms with Gasteiger partial charge in [0, 0.05) is 7.05 Å². The summed E-state index contributed by atoms with van der Waals surface area (Å²) in [4.78, 5) is 6.48. The molecule has 0 saturated carbocycles. The van der Waals surface area contributed by atoms with Crippen molar-refractivity contribution in [1.82, 2.24) is 4.98 Å². The van der Waals surface area contributed by atoms with Gasteiger partial charge in [0.2, 0.25) is 6.33 Å². The van der Waals surface area contributed by atoms with Gasteiger partial charge in [-0.1, -0.05) is 27.7 Å². The van der Waals surface area contributed by atoms with Crippen LogP contribution in [0.15, 0.2) is 23.7 Å². The largest absolute Gasteiger partial charge is 0.388 e. The van der Waals surface area contributed by atoms with Gasteiger partial charge in [0.25, 0.3) is 0 Å². The Morgan fingerprint density at radius 1 is 1.27 bits per heavy atom. The highest BCUT2D eigenvalue weighted by atomic mass is 15.0. The van der Waals surface area contributed by atoms with Gasteiger partial charge in [0.15, 0.2) is 0 Å². The van der Waals surface area contributed by atoms with Crippen LogP contribution in [0.4, 0.5) is 0 Å². The normalized spacial score (nSPS) is 8.33. The van der Waals surface area contributed by atoms with Crippen LogP contribution in [0.1, 0.15) is 34.6 Å². The lowest BCUT2D eigenvalue weighted by Crippen LogP contribution is -2.22. The predicted octanol–water partition coefficient (Wildman–Crippen LogP) is 1.88. The van der Waals surface area contributed by atoms with Crippen LogP contribution in [0, 0.1) is 0 Å². The summed E-state index contributed by atoms with van der Waals surface area (Å²) in [5, 5.41) is 0. The van der Waals surface area contributed by atoms with Gasteiger partial charge in [-0.15, -0.1) is 0 Å². The monoisotopic (exact) mass is 215 g/mol. The summed E-state index contributed by atoms with van der Waals surface area (Å²) < 4.78 is 1.94. The molecule has 0 saturated heterocycles. The molecular formula is C11H27N4+. The maximum absolute atomic E-state index is 5.04. The molecular weight excluding hydrogens is 188 g/mol. The number of nitrogens with two attached hydrogens (primary N) is 1. The van der Waals surface area contributed by atoms with Gasteiger partial charge in [0.1, 0.15) is 12.4 Å². The molecule has 1 rings (SSSR count). The van der Waals surface area contributed by atoms with Gasteiger partial charge in [-0.25, -0.2) is 4.57 Å². The fourth-order valence-electron chi connectivity index (χ4n) is 0.364.